The molecule has 0 amide bonds. The van der Waals surface area contributed by atoms with Gasteiger partial charge in [-0.15, -0.1) is 0 Å². The molecular weight excluding hydrogens is 387 g/mol. The SMILES string of the molecule is CCNC(=NCC1(SC)CCOCC1)NC1CCCN(c2cc(C)ccc2F)C1. The number of rotatable bonds is 6. The molecule has 0 aromatic heterocycles. The molecule has 3 rings (SSSR count). The van der Waals surface area contributed by atoms with Crippen LogP contribution in [0.1, 0.15) is 38.2 Å². The molecule has 162 valence electrons. The number of anilines is 1. The molecule has 1 atom stereocenters. The quantitative estimate of drug-likeness (QED) is 0.542. The van der Waals surface area contributed by atoms with Crippen LogP contribution >= 0.6 is 11.8 Å². The Bertz CT molecular complexity index is 693. The fraction of sp³-hybridized carbons (Fsp3) is 0.682. The Morgan fingerprint density at radius 1 is 1.38 bits per heavy atom. The molecule has 29 heavy (non-hydrogen) atoms. The molecule has 1 aromatic rings. The van der Waals surface area contributed by atoms with Crippen molar-refractivity contribution in [2.75, 3.05) is 50.5 Å². The molecule has 2 N–H and O–H groups in total. The summed E-state index contributed by atoms with van der Waals surface area (Å²) in [5, 5.41) is 7.00. The van der Waals surface area contributed by atoms with Crippen molar-refractivity contribution in [1.29, 1.82) is 0 Å². The van der Waals surface area contributed by atoms with Gasteiger partial charge in [-0.1, -0.05) is 6.07 Å². The van der Waals surface area contributed by atoms with Gasteiger partial charge in [0.2, 0.25) is 0 Å². The second-order valence-electron chi connectivity index (χ2n) is 8.08. The van der Waals surface area contributed by atoms with Gasteiger partial charge < -0.3 is 20.3 Å². The van der Waals surface area contributed by atoms with Crippen molar-refractivity contribution in [1.82, 2.24) is 10.6 Å². The maximum atomic E-state index is 14.4. The van der Waals surface area contributed by atoms with E-state index in [9.17, 15) is 4.39 Å². The Kier molecular flexibility index (Phi) is 8.07. The first kappa shape index (κ1) is 22.2. The van der Waals surface area contributed by atoms with Crippen LogP contribution in [0.15, 0.2) is 23.2 Å². The molecule has 2 aliphatic heterocycles. The average molecular weight is 423 g/mol. The van der Waals surface area contributed by atoms with Gasteiger partial charge in [0.25, 0.3) is 0 Å². The summed E-state index contributed by atoms with van der Waals surface area (Å²) >= 11 is 1.91. The molecule has 0 radical (unpaired) electrons. The molecular formula is C22H35FN4OS. The molecule has 2 fully saturated rings. The summed E-state index contributed by atoms with van der Waals surface area (Å²) < 4.78 is 20.1. The number of hydrogen-bond donors (Lipinski definition) is 2. The van der Waals surface area contributed by atoms with Gasteiger partial charge in [-0.3, -0.25) is 4.99 Å². The molecule has 2 saturated heterocycles. The maximum absolute atomic E-state index is 14.4. The number of ether oxygens (including phenoxy) is 1. The van der Waals surface area contributed by atoms with E-state index >= 15 is 0 Å². The van der Waals surface area contributed by atoms with Crippen molar-refractivity contribution in [3.8, 4) is 0 Å². The van der Waals surface area contributed by atoms with E-state index in [2.05, 4.69) is 28.7 Å². The van der Waals surface area contributed by atoms with Gasteiger partial charge in [-0.25, -0.2) is 4.39 Å². The number of thioether (sulfide) groups is 1. The third kappa shape index (κ3) is 6.01. The first-order valence-electron chi connectivity index (χ1n) is 10.7. The number of aliphatic imine (C=N–C) groups is 1. The lowest BCUT2D eigenvalue weighted by Crippen LogP contribution is -2.52. The van der Waals surface area contributed by atoms with Gasteiger partial charge in [0.05, 0.1) is 12.2 Å². The van der Waals surface area contributed by atoms with E-state index in [1.54, 1.807) is 6.07 Å². The van der Waals surface area contributed by atoms with Gasteiger partial charge in [-0.2, -0.15) is 11.8 Å². The third-order valence-corrected chi connectivity index (χ3v) is 7.31. The monoisotopic (exact) mass is 422 g/mol. The highest BCUT2D eigenvalue weighted by molar-refractivity contribution is 8.00. The highest BCUT2D eigenvalue weighted by Gasteiger charge is 2.32. The maximum Gasteiger partial charge on any atom is 0.191 e. The number of aryl methyl sites for hydroxylation is 1. The van der Waals surface area contributed by atoms with E-state index in [0.717, 1.165) is 76.6 Å². The van der Waals surface area contributed by atoms with Crippen molar-refractivity contribution in [3.63, 3.8) is 0 Å². The number of hydrogen-bond acceptors (Lipinski definition) is 4. The first-order chi connectivity index (χ1) is 14.0. The largest absolute Gasteiger partial charge is 0.381 e. The lowest BCUT2D eigenvalue weighted by atomic mass is 9.99. The van der Waals surface area contributed by atoms with Crippen LogP contribution in [0.3, 0.4) is 0 Å². The Morgan fingerprint density at radius 3 is 2.90 bits per heavy atom. The van der Waals surface area contributed by atoms with Crippen LogP contribution in [0.2, 0.25) is 0 Å². The molecule has 1 unspecified atom stereocenters. The van der Waals surface area contributed by atoms with E-state index in [4.69, 9.17) is 9.73 Å². The van der Waals surface area contributed by atoms with E-state index in [1.807, 2.05) is 30.8 Å². The minimum atomic E-state index is -0.141. The van der Waals surface area contributed by atoms with Gasteiger partial charge in [0.1, 0.15) is 5.82 Å². The van der Waals surface area contributed by atoms with Gasteiger partial charge >= 0.3 is 0 Å². The van der Waals surface area contributed by atoms with Crippen molar-refractivity contribution in [3.05, 3.63) is 29.6 Å². The first-order valence-corrected chi connectivity index (χ1v) is 12.0. The van der Waals surface area contributed by atoms with Crippen molar-refractivity contribution < 1.29 is 9.13 Å². The van der Waals surface area contributed by atoms with Crippen LogP contribution in [-0.4, -0.2) is 62.4 Å². The summed E-state index contributed by atoms with van der Waals surface area (Å²) in [7, 11) is 0. The topological polar surface area (TPSA) is 48.9 Å². The molecule has 1 aromatic carbocycles. The summed E-state index contributed by atoms with van der Waals surface area (Å²) in [6, 6.07) is 5.60. The molecule has 0 bridgehead atoms. The zero-order valence-electron chi connectivity index (χ0n) is 18.0. The number of piperidine rings is 1. The molecule has 5 nitrogen and oxygen atoms in total. The van der Waals surface area contributed by atoms with Crippen molar-refractivity contribution in [2.24, 2.45) is 4.99 Å². The zero-order valence-corrected chi connectivity index (χ0v) is 18.8. The predicted octanol–water partition coefficient (Wildman–Crippen LogP) is 3.57. The van der Waals surface area contributed by atoms with E-state index in [-0.39, 0.29) is 16.6 Å². The second-order valence-corrected chi connectivity index (χ2v) is 9.35. The average Bonchev–Trinajstić information content (AvgIpc) is 2.75. The van der Waals surface area contributed by atoms with Crippen molar-refractivity contribution >= 4 is 23.4 Å². The zero-order chi connectivity index (χ0) is 20.7. The van der Waals surface area contributed by atoms with Crippen LogP contribution in [-0.2, 0) is 4.74 Å². The summed E-state index contributed by atoms with van der Waals surface area (Å²) in [4.78, 5) is 7.09. The smallest absolute Gasteiger partial charge is 0.191 e. The van der Waals surface area contributed by atoms with E-state index in [0.29, 0.717) is 5.69 Å². The number of nitrogens with zero attached hydrogens (tertiary/aromatic N) is 2. The van der Waals surface area contributed by atoms with Crippen LogP contribution in [0, 0.1) is 12.7 Å². The summed E-state index contributed by atoms with van der Waals surface area (Å²) in [5.74, 6) is 0.724. The number of halogens is 1. The summed E-state index contributed by atoms with van der Waals surface area (Å²) in [6.45, 7) is 9.02. The van der Waals surface area contributed by atoms with Crippen LogP contribution in [0.5, 0.6) is 0 Å². The standard InChI is InChI=1S/C22H35FN4OS/c1-4-24-21(25-16-22(29-3)9-12-28-13-10-22)26-18-6-5-11-27(15-18)20-14-17(2)7-8-19(20)23/h7-8,14,18H,4-6,9-13,15-16H2,1-3H3,(H2,24,25,26). The number of nitrogens with one attached hydrogen (secondary N) is 2. The third-order valence-electron chi connectivity index (χ3n) is 5.91. The fourth-order valence-electron chi connectivity index (χ4n) is 4.09. The summed E-state index contributed by atoms with van der Waals surface area (Å²) in [5.41, 5.74) is 1.80. The second kappa shape index (κ2) is 10.5. The van der Waals surface area contributed by atoms with E-state index < -0.39 is 0 Å². The summed E-state index contributed by atoms with van der Waals surface area (Å²) in [6.07, 6.45) is 6.37. The van der Waals surface area contributed by atoms with Gasteiger partial charge in [0, 0.05) is 43.6 Å². The minimum Gasteiger partial charge on any atom is -0.381 e. The minimum absolute atomic E-state index is 0.141. The van der Waals surface area contributed by atoms with Crippen molar-refractivity contribution in [2.45, 2.75) is 50.3 Å². The Morgan fingerprint density at radius 2 is 2.17 bits per heavy atom. The molecule has 0 aliphatic carbocycles. The lowest BCUT2D eigenvalue weighted by molar-refractivity contribution is 0.0794. The molecule has 0 spiro atoms. The van der Waals surface area contributed by atoms with Gasteiger partial charge in [0.15, 0.2) is 5.96 Å². The fourth-order valence-corrected chi connectivity index (χ4v) is 4.85. The van der Waals surface area contributed by atoms with Crippen LogP contribution in [0.25, 0.3) is 0 Å². The Labute approximate surface area is 178 Å². The molecule has 0 saturated carbocycles. The van der Waals surface area contributed by atoms with Crippen LogP contribution < -0.4 is 15.5 Å². The highest BCUT2D eigenvalue weighted by atomic mass is 32.2. The molecule has 2 heterocycles. The lowest BCUT2D eigenvalue weighted by Gasteiger charge is -2.36. The van der Waals surface area contributed by atoms with Crippen LogP contribution in [0.4, 0.5) is 10.1 Å². The highest BCUT2D eigenvalue weighted by Crippen LogP contribution is 2.34. The molecule has 7 heteroatoms. The van der Waals surface area contributed by atoms with Gasteiger partial charge in [-0.05, 0) is 63.5 Å². The normalized spacial score (nSPS) is 22.4. The Balaban J connectivity index is 1.65. The number of guanidine groups is 1. The predicted molar refractivity (Wildman–Crippen MR) is 122 cm³/mol. The number of benzene rings is 1. The Hall–Kier alpha value is -1.47. The molecule has 2 aliphatic rings. The van der Waals surface area contributed by atoms with E-state index in [1.165, 1.54) is 0 Å².